The molecule has 1 amide bonds. The van der Waals surface area contributed by atoms with E-state index in [0.717, 1.165) is 31.2 Å². The van der Waals surface area contributed by atoms with Gasteiger partial charge in [-0.25, -0.2) is 0 Å². The Labute approximate surface area is 115 Å². The Kier molecular flexibility index (Phi) is 2.87. The van der Waals surface area contributed by atoms with Crippen LogP contribution >= 0.6 is 0 Å². The van der Waals surface area contributed by atoms with Crippen LogP contribution in [0.1, 0.15) is 44.9 Å². The van der Waals surface area contributed by atoms with Gasteiger partial charge in [-0.05, 0) is 74.5 Å². The minimum absolute atomic E-state index is 0.108. The van der Waals surface area contributed by atoms with Crippen LogP contribution in [0.5, 0.6) is 0 Å². The van der Waals surface area contributed by atoms with Crippen LogP contribution < -0.4 is 5.32 Å². The van der Waals surface area contributed by atoms with E-state index in [9.17, 15) is 9.90 Å². The first-order valence-electron chi connectivity index (χ1n) is 8.14. The van der Waals surface area contributed by atoms with Crippen LogP contribution in [0, 0.1) is 35.5 Å². The largest absolute Gasteiger partial charge is 0.393 e. The molecule has 0 unspecified atom stereocenters. The number of nitrogens with one attached hydrogen (secondary N) is 1. The van der Waals surface area contributed by atoms with Crippen molar-refractivity contribution in [3.05, 3.63) is 0 Å². The average molecular weight is 263 g/mol. The number of rotatable bonds is 3. The van der Waals surface area contributed by atoms with Crippen molar-refractivity contribution >= 4 is 5.91 Å². The molecule has 5 aliphatic carbocycles. The van der Waals surface area contributed by atoms with Crippen LogP contribution in [0.25, 0.3) is 0 Å². The Morgan fingerprint density at radius 3 is 2.05 bits per heavy atom. The van der Waals surface area contributed by atoms with E-state index in [0.29, 0.717) is 29.6 Å². The summed E-state index contributed by atoms with van der Waals surface area (Å²) in [4.78, 5) is 12.5. The number of aliphatic hydroxyl groups is 1. The van der Waals surface area contributed by atoms with E-state index < -0.39 is 0 Å². The number of hydrogen-bond acceptors (Lipinski definition) is 2. The summed E-state index contributed by atoms with van der Waals surface area (Å²) in [5, 5.41) is 12.5. The molecule has 3 heteroatoms. The second-order valence-electron chi connectivity index (χ2n) is 7.69. The first-order chi connectivity index (χ1) is 9.19. The van der Waals surface area contributed by atoms with Crippen LogP contribution in [-0.2, 0) is 4.79 Å². The second kappa shape index (κ2) is 4.47. The molecule has 0 radical (unpaired) electrons. The molecule has 5 aliphatic rings. The summed E-state index contributed by atoms with van der Waals surface area (Å²) >= 11 is 0. The Morgan fingerprint density at radius 1 is 0.947 bits per heavy atom. The van der Waals surface area contributed by atoms with Crippen molar-refractivity contribution in [2.45, 2.75) is 51.0 Å². The normalized spacial score (nSPS) is 50.9. The monoisotopic (exact) mass is 263 g/mol. The first-order valence-corrected chi connectivity index (χ1v) is 8.14. The fourth-order valence-electron chi connectivity index (χ4n) is 5.58. The maximum absolute atomic E-state index is 12.5. The average Bonchev–Trinajstić information content (AvgIpc) is 2.31. The Morgan fingerprint density at radius 2 is 1.53 bits per heavy atom. The fraction of sp³-hybridized carbons (Fsp3) is 0.938. The van der Waals surface area contributed by atoms with Crippen molar-refractivity contribution in [1.82, 2.24) is 5.32 Å². The van der Waals surface area contributed by atoms with Crippen molar-refractivity contribution in [1.29, 1.82) is 0 Å². The standard InChI is InChI=1S/C16H25NO2/c18-14-6-11(7-14)8-17-16(19)15-12-2-9-1-10(4-12)5-13(15)3-9/h9-15,18H,1-8H2,(H,17,19). The van der Waals surface area contributed by atoms with Gasteiger partial charge >= 0.3 is 0 Å². The fourth-order valence-corrected chi connectivity index (χ4v) is 5.58. The van der Waals surface area contributed by atoms with E-state index in [2.05, 4.69) is 5.32 Å². The highest BCUT2D eigenvalue weighted by atomic mass is 16.3. The van der Waals surface area contributed by atoms with Gasteiger partial charge in [-0.1, -0.05) is 0 Å². The summed E-state index contributed by atoms with van der Waals surface area (Å²) in [6.45, 7) is 0.790. The van der Waals surface area contributed by atoms with Crippen molar-refractivity contribution < 1.29 is 9.90 Å². The van der Waals surface area contributed by atoms with E-state index >= 15 is 0 Å². The third-order valence-electron chi connectivity index (χ3n) is 6.31. The lowest BCUT2D eigenvalue weighted by Gasteiger charge is -2.53. The summed E-state index contributed by atoms with van der Waals surface area (Å²) < 4.78 is 0. The van der Waals surface area contributed by atoms with E-state index in [-0.39, 0.29) is 6.10 Å². The summed E-state index contributed by atoms with van der Waals surface area (Å²) in [7, 11) is 0. The van der Waals surface area contributed by atoms with Gasteiger partial charge in [0.2, 0.25) is 5.91 Å². The van der Waals surface area contributed by atoms with Crippen molar-refractivity contribution in [2.24, 2.45) is 35.5 Å². The Balaban J connectivity index is 1.35. The number of carbonyl (C=O) groups excluding carboxylic acids is 1. The molecule has 3 nitrogen and oxygen atoms in total. The van der Waals surface area contributed by atoms with E-state index in [1.807, 2.05) is 0 Å². The zero-order valence-corrected chi connectivity index (χ0v) is 11.6. The molecule has 5 fully saturated rings. The smallest absolute Gasteiger partial charge is 0.223 e. The van der Waals surface area contributed by atoms with Crippen LogP contribution in [0.3, 0.4) is 0 Å². The second-order valence-corrected chi connectivity index (χ2v) is 7.69. The lowest BCUT2D eigenvalue weighted by atomic mass is 9.51. The van der Waals surface area contributed by atoms with Gasteiger partial charge in [-0.15, -0.1) is 0 Å². The molecule has 0 heterocycles. The van der Waals surface area contributed by atoms with Gasteiger partial charge in [-0.2, -0.15) is 0 Å². The maximum Gasteiger partial charge on any atom is 0.223 e. The van der Waals surface area contributed by atoms with Crippen LogP contribution in [0.15, 0.2) is 0 Å². The molecule has 4 bridgehead atoms. The third kappa shape index (κ3) is 2.10. The Hall–Kier alpha value is -0.570. The van der Waals surface area contributed by atoms with E-state index in [4.69, 9.17) is 0 Å². The van der Waals surface area contributed by atoms with Crippen LogP contribution in [0.4, 0.5) is 0 Å². The topological polar surface area (TPSA) is 49.3 Å². The highest BCUT2D eigenvalue weighted by molar-refractivity contribution is 5.79. The summed E-state index contributed by atoms with van der Waals surface area (Å²) in [6, 6.07) is 0. The molecule has 5 rings (SSSR count). The molecule has 106 valence electrons. The lowest BCUT2D eigenvalue weighted by Crippen LogP contribution is -2.52. The molecule has 0 aliphatic heterocycles. The van der Waals surface area contributed by atoms with Gasteiger partial charge in [0, 0.05) is 12.5 Å². The minimum Gasteiger partial charge on any atom is -0.393 e. The van der Waals surface area contributed by atoms with Gasteiger partial charge in [0.25, 0.3) is 0 Å². The molecule has 2 N–H and O–H groups in total. The van der Waals surface area contributed by atoms with Crippen molar-refractivity contribution in [2.75, 3.05) is 6.54 Å². The quantitative estimate of drug-likeness (QED) is 0.817. The predicted octanol–water partition coefficient (Wildman–Crippen LogP) is 1.95. The third-order valence-corrected chi connectivity index (χ3v) is 6.31. The number of hydrogen-bond donors (Lipinski definition) is 2. The Bertz CT molecular complexity index is 347. The van der Waals surface area contributed by atoms with Crippen LogP contribution in [0.2, 0.25) is 0 Å². The maximum atomic E-state index is 12.5. The first kappa shape index (κ1) is 12.2. The van der Waals surface area contributed by atoms with E-state index in [1.165, 1.54) is 32.1 Å². The van der Waals surface area contributed by atoms with Crippen LogP contribution in [-0.4, -0.2) is 23.7 Å². The highest BCUT2D eigenvalue weighted by Gasteiger charge is 2.50. The van der Waals surface area contributed by atoms with E-state index in [1.54, 1.807) is 0 Å². The van der Waals surface area contributed by atoms with Crippen molar-refractivity contribution in [3.8, 4) is 0 Å². The minimum atomic E-state index is -0.108. The molecular formula is C16H25NO2. The molecule has 5 saturated carbocycles. The van der Waals surface area contributed by atoms with Gasteiger partial charge < -0.3 is 10.4 Å². The number of aliphatic hydroxyl groups excluding tert-OH is 1. The molecular weight excluding hydrogens is 238 g/mol. The predicted molar refractivity (Wildman–Crippen MR) is 72.3 cm³/mol. The lowest BCUT2D eigenvalue weighted by molar-refractivity contribution is -0.138. The van der Waals surface area contributed by atoms with Crippen molar-refractivity contribution in [3.63, 3.8) is 0 Å². The molecule has 19 heavy (non-hydrogen) atoms. The highest BCUT2D eigenvalue weighted by Crippen LogP contribution is 2.56. The molecule has 0 atom stereocenters. The van der Waals surface area contributed by atoms with Gasteiger partial charge in [-0.3, -0.25) is 4.79 Å². The van der Waals surface area contributed by atoms with Gasteiger partial charge in [0.05, 0.1) is 6.10 Å². The van der Waals surface area contributed by atoms with Gasteiger partial charge in [0.15, 0.2) is 0 Å². The zero-order chi connectivity index (χ0) is 13.0. The van der Waals surface area contributed by atoms with Gasteiger partial charge in [0.1, 0.15) is 0 Å². The zero-order valence-electron chi connectivity index (χ0n) is 11.6. The number of carbonyl (C=O) groups is 1. The molecule has 0 spiro atoms. The summed E-state index contributed by atoms with van der Waals surface area (Å²) in [5.41, 5.74) is 0. The summed E-state index contributed by atoms with van der Waals surface area (Å²) in [5.74, 6) is 4.41. The molecule has 0 aromatic heterocycles. The number of amides is 1. The molecule has 0 aromatic rings. The molecule has 0 saturated heterocycles. The SMILES string of the molecule is O=C(NCC1CC(O)C1)C1C2CC3CC(C2)CC1C3. The summed E-state index contributed by atoms with van der Waals surface area (Å²) in [6.07, 6.45) is 8.34. The molecule has 0 aromatic carbocycles.